The zero-order valence-corrected chi connectivity index (χ0v) is 25.3. The standard InChI is InChI=1S/C28H41ClN6O4.ClH/c1-20(2)19-34(24-15-21(17-30-18-24)27(36)33-10-13-39-14-11-33)28(37)26-25(9-4-5-12-38-3)35(32-31-26)23-8-6-7-22(29)16-23;/h6-8,16,20-21,24,30H,4-5,9-15,17-19H2,1-3H3;1H/t21-,24+;/m1./s1. The van der Waals surface area contributed by atoms with Crippen LogP contribution in [0.1, 0.15) is 49.3 Å². The van der Waals surface area contributed by atoms with E-state index in [0.717, 1.165) is 24.2 Å². The molecule has 1 aromatic heterocycles. The van der Waals surface area contributed by atoms with Gasteiger partial charge in [0.1, 0.15) is 0 Å². The summed E-state index contributed by atoms with van der Waals surface area (Å²) in [5, 5.41) is 12.8. The molecular weight excluding hydrogens is 555 g/mol. The van der Waals surface area contributed by atoms with Crippen molar-refractivity contribution >= 4 is 35.8 Å². The van der Waals surface area contributed by atoms with Gasteiger partial charge in [-0.05, 0) is 49.8 Å². The van der Waals surface area contributed by atoms with Gasteiger partial charge in [0, 0.05) is 57.5 Å². The summed E-state index contributed by atoms with van der Waals surface area (Å²) in [6, 6.07) is 7.27. The molecular formula is C28H42Cl2N6O4. The number of unbranched alkanes of at least 4 members (excludes halogenated alkanes) is 1. The van der Waals surface area contributed by atoms with Crippen molar-refractivity contribution in [2.75, 3.05) is 59.7 Å². The molecule has 2 atom stereocenters. The molecule has 0 unspecified atom stereocenters. The van der Waals surface area contributed by atoms with E-state index < -0.39 is 0 Å². The molecule has 40 heavy (non-hydrogen) atoms. The number of morpholine rings is 1. The quantitative estimate of drug-likeness (QED) is 0.397. The van der Waals surface area contributed by atoms with Gasteiger partial charge >= 0.3 is 0 Å². The summed E-state index contributed by atoms with van der Waals surface area (Å²) in [5.74, 6) is 0.0561. The number of nitrogens with one attached hydrogen (secondary N) is 1. The Morgan fingerprint density at radius 1 is 1.23 bits per heavy atom. The highest BCUT2D eigenvalue weighted by Gasteiger charge is 2.37. The van der Waals surface area contributed by atoms with E-state index >= 15 is 0 Å². The van der Waals surface area contributed by atoms with Gasteiger partial charge in [-0.15, -0.1) is 17.5 Å². The fourth-order valence-electron chi connectivity index (χ4n) is 5.36. The third kappa shape index (κ3) is 8.16. The second-order valence-electron chi connectivity index (χ2n) is 10.8. The molecule has 0 spiro atoms. The van der Waals surface area contributed by atoms with Crippen LogP contribution in [0.25, 0.3) is 5.69 Å². The van der Waals surface area contributed by atoms with Crippen LogP contribution in [-0.2, 0) is 20.7 Å². The van der Waals surface area contributed by atoms with Gasteiger partial charge in [-0.1, -0.05) is 36.7 Å². The fraction of sp³-hybridized carbons (Fsp3) is 0.643. The van der Waals surface area contributed by atoms with Crippen LogP contribution < -0.4 is 5.32 Å². The van der Waals surface area contributed by atoms with Gasteiger partial charge in [-0.25, -0.2) is 4.68 Å². The van der Waals surface area contributed by atoms with Gasteiger partial charge < -0.3 is 24.6 Å². The minimum Gasteiger partial charge on any atom is -0.385 e. The smallest absolute Gasteiger partial charge is 0.276 e. The van der Waals surface area contributed by atoms with Crippen LogP contribution in [0, 0.1) is 11.8 Å². The molecule has 1 N–H and O–H groups in total. The predicted molar refractivity (Wildman–Crippen MR) is 156 cm³/mol. The first kappa shape index (κ1) is 32.3. The van der Waals surface area contributed by atoms with Gasteiger partial charge in [-0.3, -0.25) is 9.59 Å². The van der Waals surface area contributed by atoms with E-state index in [4.69, 9.17) is 21.1 Å². The first-order valence-corrected chi connectivity index (χ1v) is 14.3. The molecule has 2 saturated heterocycles. The summed E-state index contributed by atoms with van der Waals surface area (Å²) >= 11 is 6.27. The Labute approximate surface area is 248 Å². The maximum absolute atomic E-state index is 14.2. The molecule has 10 nitrogen and oxygen atoms in total. The van der Waals surface area contributed by atoms with E-state index in [1.165, 1.54) is 0 Å². The van der Waals surface area contributed by atoms with Crippen molar-refractivity contribution in [1.82, 2.24) is 30.1 Å². The Bertz CT molecular complexity index is 1110. The van der Waals surface area contributed by atoms with Gasteiger partial charge in [0.05, 0.1) is 30.5 Å². The minimum atomic E-state index is -0.181. The van der Waals surface area contributed by atoms with Crippen molar-refractivity contribution < 1.29 is 19.1 Å². The number of methoxy groups -OCH3 is 1. The van der Waals surface area contributed by atoms with Crippen LogP contribution in [0.3, 0.4) is 0 Å². The van der Waals surface area contributed by atoms with Crippen LogP contribution in [-0.4, -0.2) is 102 Å². The lowest BCUT2D eigenvalue weighted by Gasteiger charge is -2.40. The number of benzene rings is 1. The average molecular weight is 598 g/mol. The lowest BCUT2D eigenvalue weighted by Crippen LogP contribution is -2.56. The molecule has 0 bridgehead atoms. The number of nitrogens with zero attached hydrogens (tertiary/aromatic N) is 5. The third-order valence-corrected chi connectivity index (χ3v) is 7.53. The highest BCUT2D eigenvalue weighted by Crippen LogP contribution is 2.25. The van der Waals surface area contributed by atoms with E-state index in [1.807, 2.05) is 28.0 Å². The van der Waals surface area contributed by atoms with Gasteiger partial charge in [0.25, 0.3) is 5.91 Å². The second-order valence-corrected chi connectivity index (χ2v) is 11.2. The SMILES string of the molecule is COCCCCc1c(C(=O)N(CC(C)C)[C@@H]2CNC[C@H](C(=O)N3CCOCC3)C2)nnn1-c1cccc(Cl)c1.Cl. The number of carbonyl (C=O) groups is 2. The first-order chi connectivity index (χ1) is 18.9. The van der Waals surface area contributed by atoms with Crippen LogP contribution in [0.2, 0.25) is 5.02 Å². The normalized spacial score (nSPS) is 19.4. The van der Waals surface area contributed by atoms with E-state index in [9.17, 15) is 9.59 Å². The zero-order valence-electron chi connectivity index (χ0n) is 23.7. The monoisotopic (exact) mass is 596 g/mol. The molecule has 0 aliphatic carbocycles. The molecule has 222 valence electrons. The Balaban J connectivity index is 0.00000441. The van der Waals surface area contributed by atoms with Crippen LogP contribution in [0.4, 0.5) is 0 Å². The lowest BCUT2D eigenvalue weighted by atomic mass is 9.92. The number of rotatable bonds is 11. The molecule has 2 aliphatic rings. The number of hydrogen-bond acceptors (Lipinski definition) is 7. The molecule has 0 saturated carbocycles. The molecule has 3 heterocycles. The van der Waals surface area contributed by atoms with Gasteiger partial charge in [-0.2, -0.15) is 0 Å². The molecule has 2 aromatic rings. The van der Waals surface area contributed by atoms with Crippen molar-refractivity contribution in [3.63, 3.8) is 0 Å². The molecule has 1 aromatic carbocycles. The largest absolute Gasteiger partial charge is 0.385 e. The zero-order chi connectivity index (χ0) is 27.8. The topological polar surface area (TPSA) is 102 Å². The maximum atomic E-state index is 14.2. The van der Waals surface area contributed by atoms with E-state index in [1.54, 1.807) is 17.9 Å². The molecule has 12 heteroatoms. The Kier molecular flexibility index (Phi) is 12.6. The van der Waals surface area contributed by atoms with E-state index in [2.05, 4.69) is 29.5 Å². The number of hydrogen-bond donors (Lipinski definition) is 1. The Morgan fingerprint density at radius 2 is 2.00 bits per heavy atom. The summed E-state index contributed by atoms with van der Waals surface area (Å²) < 4.78 is 12.4. The Hall–Kier alpha value is -2.24. The molecule has 4 rings (SSSR count). The van der Waals surface area contributed by atoms with E-state index in [-0.39, 0.29) is 42.1 Å². The maximum Gasteiger partial charge on any atom is 0.276 e. The molecule has 2 fully saturated rings. The minimum absolute atomic E-state index is 0. The number of aromatic nitrogens is 3. The molecule has 2 amide bonds. The lowest BCUT2D eigenvalue weighted by molar-refractivity contribution is -0.140. The predicted octanol–water partition coefficient (Wildman–Crippen LogP) is 3.25. The Morgan fingerprint density at radius 3 is 2.70 bits per heavy atom. The number of piperidine rings is 1. The van der Waals surface area contributed by atoms with Crippen LogP contribution >= 0.6 is 24.0 Å². The van der Waals surface area contributed by atoms with Crippen molar-refractivity contribution in [2.24, 2.45) is 11.8 Å². The van der Waals surface area contributed by atoms with Gasteiger partial charge in [0.15, 0.2) is 5.69 Å². The first-order valence-electron chi connectivity index (χ1n) is 14.0. The van der Waals surface area contributed by atoms with Crippen molar-refractivity contribution in [2.45, 2.75) is 45.6 Å². The number of amides is 2. The summed E-state index contributed by atoms with van der Waals surface area (Å²) in [6.45, 7) is 9.04. The fourth-order valence-corrected chi connectivity index (χ4v) is 5.54. The van der Waals surface area contributed by atoms with Crippen molar-refractivity contribution in [3.8, 4) is 5.69 Å². The van der Waals surface area contributed by atoms with Crippen LogP contribution in [0.15, 0.2) is 24.3 Å². The summed E-state index contributed by atoms with van der Waals surface area (Å²) in [7, 11) is 1.69. The molecule has 0 radical (unpaired) electrons. The van der Waals surface area contributed by atoms with Gasteiger partial charge in [0.2, 0.25) is 5.91 Å². The summed E-state index contributed by atoms with van der Waals surface area (Å²) in [5.41, 5.74) is 1.88. The summed E-state index contributed by atoms with van der Waals surface area (Å²) in [4.78, 5) is 31.3. The highest BCUT2D eigenvalue weighted by atomic mass is 35.5. The van der Waals surface area contributed by atoms with Crippen molar-refractivity contribution in [1.29, 1.82) is 0 Å². The highest BCUT2D eigenvalue weighted by molar-refractivity contribution is 6.30. The van der Waals surface area contributed by atoms with Crippen LogP contribution in [0.5, 0.6) is 0 Å². The average Bonchev–Trinajstić information content (AvgIpc) is 3.37. The number of halogens is 2. The third-order valence-electron chi connectivity index (χ3n) is 7.29. The number of ether oxygens (including phenoxy) is 2. The second kappa shape index (κ2) is 15.7. The molecule has 2 aliphatic heterocycles. The summed E-state index contributed by atoms with van der Waals surface area (Å²) in [6.07, 6.45) is 2.93. The van der Waals surface area contributed by atoms with E-state index in [0.29, 0.717) is 76.1 Å². The number of carbonyl (C=O) groups excluding carboxylic acids is 2. The van der Waals surface area contributed by atoms with Crippen molar-refractivity contribution in [3.05, 3.63) is 40.7 Å².